The molecule has 1 amide bonds. The number of morpholine rings is 1. The number of benzene rings is 1. The summed E-state index contributed by atoms with van der Waals surface area (Å²) >= 11 is 0. The van der Waals surface area contributed by atoms with E-state index in [9.17, 15) is 22.4 Å². The molecule has 0 saturated carbocycles. The van der Waals surface area contributed by atoms with Crippen LogP contribution in [0.15, 0.2) is 24.8 Å². The Hall–Kier alpha value is -2.13. The summed E-state index contributed by atoms with van der Waals surface area (Å²) in [4.78, 5) is 16.4. The van der Waals surface area contributed by atoms with Crippen molar-refractivity contribution >= 4 is 11.6 Å². The second-order valence-electron chi connectivity index (χ2n) is 7.80. The number of piperidine rings is 1. The maximum atomic E-state index is 13.6. The molecule has 0 radical (unpaired) electrons. The first-order valence-electron chi connectivity index (χ1n) is 10.1. The summed E-state index contributed by atoms with van der Waals surface area (Å²) in [6.45, 7) is 8.83. The number of hydrogen-bond acceptors (Lipinski definition) is 4. The van der Waals surface area contributed by atoms with Crippen LogP contribution >= 0.6 is 0 Å². The van der Waals surface area contributed by atoms with Gasteiger partial charge in [0.2, 0.25) is 5.91 Å². The summed E-state index contributed by atoms with van der Waals surface area (Å²) < 4.78 is 57.5. The zero-order chi connectivity index (χ0) is 21.7. The monoisotopic (exact) mass is 429 g/mol. The summed E-state index contributed by atoms with van der Waals surface area (Å²) in [5, 5.41) is 3.03. The van der Waals surface area contributed by atoms with Gasteiger partial charge in [0.05, 0.1) is 25.3 Å². The van der Waals surface area contributed by atoms with E-state index in [2.05, 4.69) is 16.8 Å². The lowest BCUT2D eigenvalue weighted by molar-refractivity contribution is -0.138. The predicted molar refractivity (Wildman–Crippen MR) is 105 cm³/mol. The lowest BCUT2D eigenvalue weighted by Gasteiger charge is -2.34. The third-order valence-electron chi connectivity index (χ3n) is 5.61. The minimum atomic E-state index is -4.61. The summed E-state index contributed by atoms with van der Waals surface area (Å²) in [6, 6.07) is 2.41. The Morgan fingerprint density at radius 2 is 1.80 bits per heavy atom. The molecule has 2 aliphatic rings. The van der Waals surface area contributed by atoms with Crippen LogP contribution in [0, 0.1) is 11.7 Å². The molecule has 166 valence electrons. The number of nitrogens with zero attached hydrogens (tertiary/aromatic N) is 2. The van der Waals surface area contributed by atoms with Crippen LogP contribution in [0.1, 0.15) is 24.0 Å². The third-order valence-corrected chi connectivity index (χ3v) is 5.61. The Labute approximate surface area is 173 Å². The van der Waals surface area contributed by atoms with E-state index >= 15 is 0 Å². The van der Waals surface area contributed by atoms with Crippen molar-refractivity contribution < 1.29 is 27.1 Å². The highest BCUT2D eigenvalue weighted by atomic mass is 19.4. The molecule has 3 rings (SSSR count). The normalized spacial score (nSPS) is 19.0. The molecule has 0 unspecified atom stereocenters. The third kappa shape index (κ3) is 6.18. The molecular formula is C21H27F4N3O2. The number of rotatable bonds is 6. The van der Waals surface area contributed by atoms with Crippen molar-refractivity contribution in [2.45, 2.75) is 19.0 Å². The van der Waals surface area contributed by atoms with Gasteiger partial charge in [0.25, 0.3) is 0 Å². The summed E-state index contributed by atoms with van der Waals surface area (Å²) in [7, 11) is 0. The average molecular weight is 429 g/mol. The Kier molecular flexibility index (Phi) is 7.36. The number of ether oxygens (including phenoxy) is 1. The number of likely N-dealkylation sites (tertiary alicyclic amines) is 1. The van der Waals surface area contributed by atoms with E-state index in [0.29, 0.717) is 45.5 Å². The van der Waals surface area contributed by atoms with Crippen LogP contribution in [0.3, 0.4) is 0 Å². The van der Waals surface area contributed by atoms with Gasteiger partial charge < -0.3 is 15.0 Å². The minimum Gasteiger partial charge on any atom is -0.385 e. The predicted octanol–water partition coefficient (Wildman–Crippen LogP) is 2.98. The first kappa shape index (κ1) is 22.6. The van der Waals surface area contributed by atoms with Gasteiger partial charge in [-0.05, 0) is 37.0 Å². The van der Waals surface area contributed by atoms with Gasteiger partial charge in [-0.3, -0.25) is 9.69 Å². The van der Waals surface area contributed by atoms with Crippen LogP contribution in [0.25, 0.3) is 5.70 Å². The fraction of sp³-hybridized carbons (Fsp3) is 0.571. The molecule has 2 fully saturated rings. The van der Waals surface area contributed by atoms with Crippen molar-refractivity contribution in [1.29, 1.82) is 0 Å². The van der Waals surface area contributed by atoms with E-state index in [1.807, 2.05) is 4.90 Å². The van der Waals surface area contributed by atoms with E-state index in [1.54, 1.807) is 0 Å². The molecule has 0 spiro atoms. The summed E-state index contributed by atoms with van der Waals surface area (Å²) in [5.41, 5.74) is -0.696. The molecule has 0 aromatic heterocycles. The van der Waals surface area contributed by atoms with Crippen LogP contribution in [0.2, 0.25) is 0 Å². The van der Waals surface area contributed by atoms with Gasteiger partial charge in [-0.1, -0.05) is 6.58 Å². The largest absolute Gasteiger partial charge is 0.416 e. The van der Waals surface area contributed by atoms with E-state index < -0.39 is 17.6 Å². The fourth-order valence-corrected chi connectivity index (χ4v) is 3.73. The standard InChI is InChI=1S/C21H27F4N3O2/c1-15(17-10-18(21(23,24)25)12-19(22)11-17)26-13-16-2-4-28(5-3-16)20(29)14-27-6-8-30-9-7-27/h10-12,16,26H,1-9,13-14H2. The average Bonchev–Trinajstić information content (AvgIpc) is 2.72. The molecule has 1 aromatic rings. The van der Waals surface area contributed by atoms with Crippen molar-refractivity contribution in [3.05, 3.63) is 41.7 Å². The molecule has 1 N–H and O–H groups in total. The highest BCUT2D eigenvalue weighted by molar-refractivity contribution is 5.78. The van der Waals surface area contributed by atoms with Crippen molar-refractivity contribution in [2.24, 2.45) is 5.92 Å². The Morgan fingerprint density at radius 1 is 1.13 bits per heavy atom. The topological polar surface area (TPSA) is 44.8 Å². The quantitative estimate of drug-likeness (QED) is 0.707. The lowest BCUT2D eigenvalue weighted by atomic mass is 9.96. The van der Waals surface area contributed by atoms with Gasteiger partial charge in [0.15, 0.2) is 0 Å². The number of nitrogens with one attached hydrogen (secondary N) is 1. The zero-order valence-electron chi connectivity index (χ0n) is 16.8. The van der Waals surface area contributed by atoms with Gasteiger partial charge in [0.1, 0.15) is 5.82 Å². The molecular weight excluding hydrogens is 402 g/mol. The highest BCUT2D eigenvalue weighted by Crippen LogP contribution is 2.31. The smallest absolute Gasteiger partial charge is 0.385 e. The van der Waals surface area contributed by atoms with E-state index in [0.717, 1.165) is 38.1 Å². The van der Waals surface area contributed by atoms with Crippen LogP contribution in [0.4, 0.5) is 17.6 Å². The fourth-order valence-electron chi connectivity index (χ4n) is 3.73. The van der Waals surface area contributed by atoms with Gasteiger partial charge in [-0.25, -0.2) is 4.39 Å². The van der Waals surface area contributed by atoms with Crippen molar-refractivity contribution in [3.8, 4) is 0 Å². The Bertz CT molecular complexity index is 755. The molecule has 0 bridgehead atoms. The van der Waals surface area contributed by atoms with Crippen LogP contribution < -0.4 is 5.32 Å². The number of hydrogen-bond donors (Lipinski definition) is 1. The van der Waals surface area contributed by atoms with Gasteiger partial charge in [-0.2, -0.15) is 13.2 Å². The highest BCUT2D eigenvalue weighted by Gasteiger charge is 2.31. The van der Waals surface area contributed by atoms with Crippen molar-refractivity contribution in [3.63, 3.8) is 0 Å². The van der Waals surface area contributed by atoms with E-state index in [4.69, 9.17) is 4.74 Å². The Morgan fingerprint density at radius 3 is 2.43 bits per heavy atom. The molecule has 5 nitrogen and oxygen atoms in total. The SMILES string of the molecule is C=C(NCC1CCN(C(=O)CN2CCOCC2)CC1)c1cc(F)cc(C(F)(F)F)c1. The van der Waals surface area contributed by atoms with E-state index in [-0.39, 0.29) is 23.1 Å². The molecule has 2 saturated heterocycles. The molecule has 1 aromatic carbocycles. The van der Waals surface area contributed by atoms with Gasteiger partial charge >= 0.3 is 6.18 Å². The minimum absolute atomic E-state index is 0.0837. The van der Waals surface area contributed by atoms with Gasteiger partial charge in [0, 0.05) is 44.0 Å². The molecule has 0 aliphatic carbocycles. The second-order valence-corrected chi connectivity index (χ2v) is 7.80. The van der Waals surface area contributed by atoms with Gasteiger partial charge in [-0.15, -0.1) is 0 Å². The first-order valence-corrected chi connectivity index (χ1v) is 10.1. The van der Waals surface area contributed by atoms with Crippen molar-refractivity contribution in [2.75, 3.05) is 52.5 Å². The number of carbonyl (C=O) groups is 1. The summed E-state index contributed by atoms with van der Waals surface area (Å²) in [6.07, 6.45) is -3.02. The number of amides is 1. The van der Waals surface area contributed by atoms with Crippen LogP contribution in [-0.2, 0) is 15.7 Å². The van der Waals surface area contributed by atoms with E-state index in [1.165, 1.54) is 0 Å². The van der Waals surface area contributed by atoms with Crippen LogP contribution in [-0.4, -0.2) is 68.2 Å². The maximum absolute atomic E-state index is 13.6. The molecule has 2 heterocycles. The maximum Gasteiger partial charge on any atom is 0.416 e. The lowest BCUT2D eigenvalue weighted by Crippen LogP contribution is -2.47. The molecule has 0 atom stereocenters. The second kappa shape index (κ2) is 9.78. The first-order chi connectivity index (χ1) is 14.2. The van der Waals surface area contributed by atoms with Crippen molar-refractivity contribution in [1.82, 2.24) is 15.1 Å². The number of alkyl halides is 3. The molecule has 2 aliphatic heterocycles. The Balaban J connectivity index is 1.45. The molecule has 9 heteroatoms. The zero-order valence-corrected chi connectivity index (χ0v) is 16.8. The summed E-state index contributed by atoms with van der Waals surface area (Å²) in [5.74, 6) is -0.563. The number of carbonyl (C=O) groups excluding carboxylic acids is 1. The number of halogens is 4. The van der Waals surface area contributed by atoms with Crippen LogP contribution in [0.5, 0.6) is 0 Å². The molecule has 30 heavy (non-hydrogen) atoms.